The Bertz CT molecular complexity index is 885. The number of hydrogen-bond acceptors (Lipinski definition) is 4. The van der Waals surface area contributed by atoms with E-state index in [4.69, 9.17) is 0 Å². The predicted molar refractivity (Wildman–Crippen MR) is 125 cm³/mol. The molecule has 6 heteroatoms. The number of nitrogens with one attached hydrogen (secondary N) is 3. The van der Waals surface area contributed by atoms with Gasteiger partial charge in [-0.05, 0) is 30.9 Å². The van der Waals surface area contributed by atoms with Crippen molar-refractivity contribution in [2.24, 2.45) is 11.8 Å². The molecule has 2 rings (SSSR count). The van der Waals surface area contributed by atoms with Gasteiger partial charge < -0.3 is 15.6 Å². The highest BCUT2D eigenvalue weighted by Gasteiger charge is 2.28. The maximum Gasteiger partial charge on any atom is 0.216 e. The van der Waals surface area contributed by atoms with Crippen molar-refractivity contribution < 1.29 is 14.4 Å². The van der Waals surface area contributed by atoms with E-state index >= 15 is 0 Å². The average Bonchev–Trinajstić information content (AvgIpc) is 3.11. The van der Waals surface area contributed by atoms with Crippen LogP contribution < -0.4 is 10.6 Å². The number of fused-ring (bicyclic) bond motifs is 1. The third-order valence-corrected chi connectivity index (χ3v) is 5.54. The minimum atomic E-state index is -0.350. The van der Waals surface area contributed by atoms with Crippen molar-refractivity contribution in [3.8, 4) is 0 Å². The van der Waals surface area contributed by atoms with Crippen LogP contribution in [0.3, 0.4) is 0 Å². The van der Waals surface area contributed by atoms with E-state index in [1.54, 1.807) is 0 Å². The van der Waals surface area contributed by atoms with Crippen LogP contribution in [0, 0.1) is 11.8 Å². The zero-order valence-electron chi connectivity index (χ0n) is 19.5. The Kier molecular flexibility index (Phi) is 9.44. The van der Waals surface area contributed by atoms with Gasteiger partial charge in [-0.25, -0.2) is 0 Å². The second-order valence-corrected chi connectivity index (χ2v) is 8.99. The molecule has 31 heavy (non-hydrogen) atoms. The molecule has 0 fully saturated rings. The summed E-state index contributed by atoms with van der Waals surface area (Å²) in [5.41, 5.74) is 2.15. The minimum Gasteiger partial charge on any atom is -0.361 e. The zero-order chi connectivity index (χ0) is 23.0. The van der Waals surface area contributed by atoms with Crippen molar-refractivity contribution in [3.05, 3.63) is 36.0 Å². The van der Waals surface area contributed by atoms with E-state index in [9.17, 15) is 14.4 Å². The Labute approximate surface area is 185 Å². The molecular weight excluding hydrogens is 390 g/mol. The van der Waals surface area contributed by atoms with Crippen molar-refractivity contribution in [2.45, 2.75) is 72.4 Å². The number of carbonyl (C=O) groups is 3. The van der Waals surface area contributed by atoms with Crippen LogP contribution in [-0.4, -0.2) is 41.1 Å². The molecule has 1 aromatic carbocycles. The molecular formula is C25H37N3O3. The summed E-state index contributed by atoms with van der Waals surface area (Å²) >= 11 is 0. The molecule has 2 atom stereocenters. The first-order chi connectivity index (χ1) is 14.7. The molecule has 0 aliphatic rings. The summed E-state index contributed by atoms with van der Waals surface area (Å²) in [4.78, 5) is 40.5. The van der Waals surface area contributed by atoms with Gasteiger partial charge in [0.05, 0.1) is 6.04 Å². The van der Waals surface area contributed by atoms with Gasteiger partial charge in [0.25, 0.3) is 0 Å². The largest absolute Gasteiger partial charge is 0.361 e. The first-order valence-electron chi connectivity index (χ1n) is 11.3. The molecule has 2 aromatic rings. The number of H-pyrrole nitrogens is 1. The lowest BCUT2D eigenvalue weighted by Crippen LogP contribution is -2.43. The van der Waals surface area contributed by atoms with E-state index in [-0.39, 0.29) is 47.8 Å². The first kappa shape index (κ1) is 24.8. The molecule has 1 amide bonds. The molecule has 0 saturated heterocycles. The van der Waals surface area contributed by atoms with Gasteiger partial charge in [0.2, 0.25) is 5.91 Å². The van der Waals surface area contributed by atoms with Gasteiger partial charge in [-0.15, -0.1) is 0 Å². The van der Waals surface area contributed by atoms with Crippen LogP contribution >= 0.6 is 0 Å². The van der Waals surface area contributed by atoms with Crippen LogP contribution in [0.15, 0.2) is 30.5 Å². The lowest BCUT2D eigenvalue weighted by molar-refractivity contribution is -0.131. The SMILES string of the molecule is CC(=O)NCCC[C@@H](CC(=O)[C@@H](Cc1c[nH]c2ccccc12)NC(C)C)C(=O)C(C)C. The maximum absolute atomic E-state index is 13.3. The fraction of sp³-hybridized carbons (Fsp3) is 0.560. The van der Waals surface area contributed by atoms with Crippen molar-refractivity contribution in [2.75, 3.05) is 6.54 Å². The van der Waals surface area contributed by atoms with Gasteiger partial charge in [0.15, 0.2) is 5.78 Å². The van der Waals surface area contributed by atoms with E-state index in [0.717, 1.165) is 16.5 Å². The summed E-state index contributed by atoms with van der Waals surface area (Å²) in [7, 11) is 0. The van der Waals surface area contributed by atoms with Crippen LogP contribution in [-0.2, 0) is 20.8 Å². The van der Waals surface area contributed by atoms with E-state index in [2.05, 4.69) is 21.7 Å². The lowest BCUT2D eigenvalue weighted by atomic mass is 9.85. The molecule has 1 aromatic heterocycles. The van der Waals surface area contributed by atoms with Crippen LogP contribution in [0.2, 0.25) is 0 Å². The highest BCUT2D eigenvalue weighted by atomic mass is 16.1. The fourth-order valence-corrected chi connectivity index (χ4v) is 4.00. The van der Waals surface area contributed by atoms with Crippen LogP contribution in [0.25, 0.3) is 10.9 Å². The molecule has 0 aliphatic heterocycles. The molecule has 0 saturated carbocycles. The summed E-state index contributed by atoms with van der Waals surface area (Å²) in [6.07, 6.45) is 4.06. The minimum absolute atomic E-state index is 0.0671. The van der Waals surface area contributed by atoms with Gasteiger partial charge in [0.1, 0.15) is 5.78 Å². The van der Waals surface area contributed by atoms with Gasteiger partial charge in [-0.2, -0.15) is 0 Å². The summed E-state index contributed by atoms with van der Waals surface area (Å²) in [5.74, 6) is -0.337. The monoisotopic (exact) mass is 427 g/mol. The molecule has 0 spiro atoms. The quantitative estimate of drug-likeness (QED) is 0.424. The van der Waals surface area contributed by atoms with Crippen molar-refractivity contribution in [1.82, 2.24) is 15.6 Å². The number of benzene rings is 1. The Morgan fingerprint density at radius 2 is 1.77 bits per heavy atom. The number of aromatic nitrogens is 1. The highest BCUT2D eigenvalue weighted by molar-refractivity contribution is 5.92. The standard InChI is InChI=1S/C25H37N3O3/c1-16(2)25(31)19(9-8-12-26-18(5)29)14-24(30)23(28-17(3)4)13-20-15-27-22-11-7-6-10-21(20)22/h6-7,10-11,15-17,19,23,27-28H,8-9,12-14H2,1-5H3,(H,26,29)/t19-,23+/m0/s1. The number of aromatic amines is 1. The van der Waals surface area contributed by atoms with E-state index in [1.165, 1.54) is 6.92 Å². The van der Waals surface area contributed by atoms with Gasteiger partial charge >= 0.3 is 0 Å². The van der Waals surface area contributed by atoms with E-state index in [0.29, 0.717) is 25.8 Å². The summed E-state index contributed by atoms with van der Waals surface area (Å²) < 4.78 is 0. The number of amides is 1. The van der Waals surface area contributed by atoms with E-state index < -0.39 is 0 Å². The lowest BCUT2D eigenvalue weighted by Gasteiger charge is -2.23. The molecule has 6 nitrogen and oxygen atoms in total. The third-order valence-electron chi connectivity index (χ3n) is 5.54. The third kappa shape index (κ3) is 7.62. The Morgan fingerprint density at radius 3 is 2.42 bits per heavy atom. The number of Topliss-reactive ketones (excluding diaryl/α,β-unsaturated/α-hetero) is 2. The van der Waals surface area contributed by atoms with Crippen LogP contribution in [0.4, 0.5) is 0 Å². The Balaban J connectivity index is 2.13. The van der Waals surface area contributed by atoms with Crippen molar-refractivity contribution in [1.29, 1.82) is 0 Å². The van der Waals surface area contributed by atoms with E-state index in [1.807, 2.05) is 52.1 Å². The Hall–Kier alpha value is -2.47. The van der Waals surface area contributed by atoms with Gasteiger partial charge in [-0.3, -0.25) is 14.4 Å². The maximum atomic E-state index is 13.3. The molecule has 0 radical (unpaired) electrons. The second kappa shape index (κ2) is 11.8. The smallest absolute Gasteiger partial charge is 0.216 e. The molecule has 170 valence electrons. The molecule has 3 N–H and O–H groups in total. The number of para-hydroxylation sites is 1. The summed E-state index contributed by atoms with van der Waals surface area (Å²) in [5, 5.41) is 7.29. The van der Waals surface area contributed by atoms with Crippen molar-refractivity contribution >= 4 is 28.4 Å². The molecule has 0 aliphatic carbocycles. The summed E-state index contributed by atoms with van der Waals surface area (Å²) in [6.45, 7) is 9.81. The van der Waals surface area contributed by atoms with Gasteiger partial charge in [0, 0.05) is 54.9 Å². The molecule has 1 heterocycles. The average molecular weight is 428 g/mol. The second-order valence-electron chi connectivity index (χ2n) is 8.99. The van der Waals surface area contributed by atoms with Gasteiger partial charge in [-0.1, -0.05) is 45.9 Å². The van der Waals surface area contributed by atoms with Crippen LogP contribution in [0.1, 0.15) is 59.4 Å². The highest BCUT2D eigenvalue weighted by Crippen LogP contribution is 2.22. The van der Waals surface area contributed by atoms with Crippen molar-refractivity contribution in [3.63, 3.8) is 0 Å². The fourth-order valence-electron chi connectivity index (χ4n) is 4.00. The topological polar surface area (TPSA) is 91.1 Å². The number of rotatable bonds is 13. The number of carbonyl (C=O) groups excluding carboxylic acids is 3. The first-order valence-corrected chi connectivity index (χ1v) is 11.3. The Morgan fingerprint density at radius 1 is 1.06 bits per heavy atom. The number of ketones is 2. The predicted octanol–water partition coefficient (Wildman–Crippen LogP) is 3.79. The summed E-state index contributed by atoms with van der Waals surface area (Å²) in [6, 6.07) is 7.87. The molecule has 0 bridgehead atoms. The molecule has 0 unspecified atom stereocenters. The zero-order valence-corrected chi connectivity index (χ0v) is 19.5. The van der Waals surface area contributed by atoms with Crippen LogP contribution in [0.5, 0.6) is 0 Å². The normalized spacial score (nSPS) is 13.5. The number of hydrogen-bond donors (Lipinski definition) is 3.